The second kappa shape index (κ2) is 5.48. The van der Waals surface area contributed by atoms with Crippen molar-refractivity contribution in [3.05, 3.63) is 56.7 Å². The molecule has 2 rings (SSSR count). The summed E-state index contributed by atoms with van der Waals surface area (Å²) in [7, 11) is 0. The smallest absolute Gasteiger partial charge is 0.178 e. The second-order valence-electron chi connectivity index (χ2n) is 5.64. The first-order valence-electron chi connectivity index (χ1n) is 6.23. The summed E-state index contributed by atoms with van der Waals surface area (Å²) < 4.78 is 0. The molecule has 0 fully saturated rings. The van der Waals surface area contributed by atoms with Gasteiger partial charge in [-0.2, -0.15) is 0 Å². The molecular weight excluding hydrogens is 276 g/mol. The van der Waals surface area contributed by atoms with E-state index < -0.39 is 0 Å². The van der Waals surface area contributed by atoms with Gasteiger partial charge in [-0.1, -0.05) is 56.6 Å². The Morgan fingerprint density at radius 3 is 2.26 bits per heavy atom. The van der Waals surface area contributed by atoms with Gasteiger partial charge in [0.2, 0.25) is 0 Å². The van der Waals surface area contributed by atoms with Gasteiger partial charge in [-0.25, -0.2) is 0 Å². The van der Waals surface area contributed by atoms with Crippen molar-refractivity contribution in [1.29, 1.82) is 0 Å². The summed E-state index contributed by atoms with van der Waals surface area (Å²) in [6, 6.07) is 10.0. The molecule has 0 bridgehead atoms. The van der Waals surface area contributed by atoms with E-state index in [9.17, 15) is 4.79 Å². The molecule has 1 nitrogen and oxygen atoms in total. The normalized spacial score (nSPS) is 11.6. The molecule has 1 heterocycles. The van der Waals surface area contributed by atoms with Crippen LogP contribution in [0.4, 0.5) is 0 Å². The third-order valence-corrected chi connectivity index (χ3v) is 4.44. The molecule has 0 radical (unpaired) electrons. The van der Waals surface area contributed by atoms with Crippen LogP contribution in [-0.2, 0) is 11.8 Å². The summed E-state index contributed by atoms with van der Waals surface area (Å²) in [5, 5.41) is 2.40. The molecule has 1 aromatic heterocycles. The monoisotopic (exact) mass is 292 g/mol. The first-order valence-corrected chi connectivity index (χ1v) is 7.49. The quantitative estimate of drug-likeness (QED) is 0.717. The molecule has 19 heavy (non-hydrogen) atoms. The first-order chi connectivity index (χ1) is 8.88. The minimum atomic E-state index is 0.0866. The van der Waals surface area contributed by atoms with Crippen molar-refractivity contribution in [2.24, 2.45) is 0 Å². The van der Waals surface area contributed by atoms with E-state index in [0.717, 1.165) is 5.56 Å². The fourth-order valence-corrected chi connectivity index (χ4v) is 2.98. The van der Waals surface area contributed by atoms with Crippen molar-refractivity contribution in [3.8, 4) is 0 Å². The maximum Gasteiger partial charge on any atom is 0.178 e. The van der Waals surface area contributed by atoms with Gasteiger partial charge in [0.05, 0.1) is 9.90 Å². The highest BCUT2D eigenvalue weighted by Crippen LogP contribution is 2.25. The lowest BCUT2D eigenvalue weighted by Gasteiger charge is -2.19. The first kappa shape index (κ1) is 14.3. The van der Waals surface area contributed by atoms with Crippen molar-refractivity contribution in [1.82, 2.24) is 0 Å². The number of benzene rings is 1. The number of thiophene rings is 1. The number of hydrogen-bond donors (Lipinski definition) is 0. The van der Waals surface area contributed by atoms with Crippen LogP contribution in [0.25, 0.3) is 0 Å². The van der Waals surface area contributed by atoms with Gasteiger partial charge in [-0.3, -0.25) is 4.79 Å². The number of ketones is 1. The summed E-state index contributed by atoms with van der Waals surface area (Å²) in [5.41, 5.74) is 2.44. The maximum absolute atomic E-state index is 12.1. The predicted octanol–water partition coefficient (Wildman–Crippen LogP) is 5.12. The number of rotatable bonds is 3. The van der Waals surface area contributed by atoms with E-state index >= 15 is 0 Å². The van der Waals surface area contributed by atoms with E-state index in [1.165, 1.54) is 16.9 Å². The summed E-state index contributed by atoms with van der Waals surface area (Å²) in [6.45, 7) is 6.54. The van der Waals surface area contributed by atoms with Crippen molar-refractivity contribution in [2.75, 3.05) is 0 Å². The van der Waals surface area contributed by atoms with E-state index in [1.807, 2.05) is 17.5 Å². The molecule has 0 aliphatic carbocycles. The molecule has 1 aromatic carbocycles. The Kier molecular flexibility index (Phi) is 4.12. The van der Waals surface area contributed by atoms with Crippen molar-refractivity contribution < 1.29 is 4.79 Å². The molecule has 0 aliphatic rings. The van der Waals surface area contributed by atoms with Crippen LogP contribution >= 0.6 is 22.9 Å². The topological polar surface area (TPSA) is 17.1 Å². The largest absolute Gasteiger partial charge is 0.293 e. The Bertz CT molecular complexity index is 576. The van der Waals surface area contributed by atoms with Crippen LogP contribution in [0.3, 0.4) is 0 Å². The zero-order valence-electron chi connectivity index (χ0n) is 11.4. The lowest BCUT2D eigenvalue weighted by Crippen LogP contribution is -2.11. The zero-order valence-corrected chi connectivity index (χ0v) is 12.9. The van der Waals surface area contributed by atoms with Crippen LogP contribution in [0.15, 0.2) is 35.7 Å². The Morgan fingerprint density at radius 1 is 1.16 bits per heavy atom. The average molecular weight is 293 g/mol. The molecule has 0 aliphatic heterocycles. The van der Waals surface area contributed by atoms with Crippen LogP contribution in [0.2, 0.25) is 5.02 Å². The number of halogens is 1. The van der Waals surface area contributed by atoms with E-state index in [1.54, 1.807) is 6.07 Å². The average Bonchev–Trinajstić information content (AvgIpc) is 2.75. The standard InChI is InChI=1S/C16H17ClOS/c1-16(2,3)12-6-4-11(5-7-12)10-14(18)15-13(17)8-9-19-15/h4-9H,10H2,1-3H3. The Hall–Kier alpha value is -1.12. The number of Topliss-reactive ketones (excluding diaryl/α,β-unsaturated/α-hetero) is 1. The number of carbonyl (C=O) groups excluding carboxylic acids is 1. The summed E-state index contributed by atoms with van der Waals surface area (Å²) in [4.78, 5) is 12.8. The highest BCUT2D eigenvalue weighted by atomic mass is 35.5. The Morgan fingerprint density at radius 2 is 1.79 bits per heavy atom. The van der Waals surface area contributed by atoms with Gasteiger partial charge in [0, 0.05) is 6.42 Å². The van der Waals surface area contributed by atoms with E-state index in [0.29, 0.717) is 16.3 Å². The molecule has 0 saturated heterocycles. The minimum Gasteiger partial charge on any atom is -0.293 e. The molecular formula is C16H17ClOS. The molecule has 0 amide bonds. The van der Waals surface area contributed by atoms with E-state index in [-0.39, 0.29) is 11.2 Å². The van der Waals surface area contributed by atoms with Crippen LogP contribution < -0.4 is 0 Å². The number of carbonyl (C=O) groups is 1. The fraction of sp³-hybridized carbons (Fsp3) is 0.312. The highest BCUT2D eigenvalue weighted by Gasteiger charge is 2.15. The van der Waals surface area contributed by atoms with Crippen LogP contribution in [0.1, 0.15) is 41.6 Å². The number of hydrogen-bond acceptors (Lipinski definition) is 2. The lowest BCUT2D eigenvalue weighted by molar-refractivity contribution is 0.0997. The van der Waals surface area contributed by atoms with Gasteiger partial charge >= 0.3 is 0 Å². The van der Waals surface area contributed by atoms with Crippen molar-refractivity contribution in [2.45, 2.75) is 32.6 Å². The second-order valence-corrected chi connectivity index (χ2v) is 6.97. The molecule has 100 valence electrons. The van der Waals surface area contributed by atoms with E-state index in [4.69, 9.17) is 11.6 Å². The summed E-state index contributed by atoms with van der Waals surface area (Å²) >= 11 is 7.38. The van der Waals surface area contributed by atoms with Crippen LogP contribution in [-0.4, -0.2) is 5.78 Å². The van der Waals surface area contributed by atoms with Crippen molar-refractivity contribution in [3.63, 3.8) is 0 Å². The molecule has 2 aromatic rings. The van der Waals surface area contributed by atoms with Crippen LogP contribution in [0, 0.1) is 0 Å². The minimum absolute atomic E-state index is 0.0866. The Balaban J connectivity index is 2.12. The molecule has 0 atom stereocenters. The molecule has 0 N–H and O–H groups in total. The van der Waals surface area contributed by atoms with Crippen LogP contribution in [0.5, 0.6) is 0 Å². The summed E-state index contributed by atoms with van der Waals surface area (Å²) in [5.74, 6) is 0.0866. The zero-order chi connectivity index (χ0) is 14.0. The van der Waals surface area contributed by atoms with Gasteiger partial charge in [0.15, 0.2) is 5.78 Å². The Labute approximate surface area is 123 Å². The maximum atomic E-state index is 12.1. The van der Waals surface area contributed by atoms with Gasteiger partial charge in [-0.15, -0.1) is 11.3 Å². The molecule has 0 unspecified atom stereocenters. The van der Waals surface area contributed by atoms with Gasteiger partial charge < -0.3 is 0 Å². The van der Waals surface area contributed by atoms with Gasteiger partial charge in [-0.05, 0) is 28.0 Å². The van der Waals surface area contributed by atoms with Gasteiger partial charge in [0.25, 0.3) is 0 Å². The summed E-state index contributed by atoms with van der Waals surface area (Å²) in [6.07, 6.45) is 0.407. The lowest BCUT2D eigenvalue weighted by atomic mass is 9.86. The van der Waals surface area contributed by atoms with Gasteiger partial charge in [0.1, 0.15) is 0 Å². The third-order valence-electron chi connectivity index (χ3n) is 3.06. The highest BCUT2D eigenvalue weighted by molar-refractivity contribution is 7.12. The molecule has 0 saturated carbocycles. The third kappa shape index (κ3) is 3.46. The predicted molar refractivity (Wildman–Crippen MR) is 82.5 cm³/mol. The molecule has 0 spiro atoms. The SMILES string of the molecule is CC(C)(C)c1ccc(CC(=O)c2sccc2Cl)cc1. The van der Waals surface area contributed by atoms with Crippen molar-refractivity contribution >= 4 is 28.7 Å². The van der Waals surface area contributed by atoms with E-state index in [2.05, 4.69) is 32.9 Å². The fourth-order valence-electron chi connectivity index (χ4n) is 1.88. The molecule has 3 heteroatoms.